The molecule has 1 aromatic heterocycles. The Labute approximate surface area is 205 Å². The number of ether oxygens (including phenoxy) is 1. The van der Waals surface area contributed by atoms with Gasteiger partial charge in [-0.15, -0.1) is 0 Å². The van der Waals surface area contributed by atoms with E-state index in [2.05, 4.69) is 21.4 Å². The van der Waals surface area contributed by atoms with E-state index in [0.29, 0.717) is 25.5 Å². The Morgan fingerprint density at radius 1 is 1.29 bits per heavy atom. The number of nitrogens with one attached hydrogen (secondary N) is 2. The number of aromatic nitrogens is 2. The van der Waals surface area contributed by atoms with Crippen molar-refractivity contribution in [3.63, 3.8) is 0 Å². The molecule has 3 aliphatic heterocycles. The van der Waals surface area contributed by atoms with Crippen LogP contribution in [0.1, 0.15) is 31.7 Å². The van der Waals surface area contributed by atoms with Crippen LogP contribution < -0.4 is 10.2 Å². The van der Waals surface area contributed by atoms with Crippen molar-refractivity contribution >= 4 is 29.0 Å². The van der Waals surface area contributed by atoms with Crippen LogP contribution in [0.3, 0.4) is 0 Å². The van der Waals surface area contributed by atoms with Crippen molar-refractivity contribution in [3.05, 3.63) is 46.4 Å². The quantitative estimate of drug-likeness (QED) is 0.515. The van der Waals surface area contributed by atoms with Crippen molar-refractivity contribution in [1.29, 1.82) is 5.41 Å². The standard InChI is InChI=1S/C25H31ClN6O2/c1-16(33)31-10-7-22(29-18-8-11-34-15-18)21(14-31)25(27)32-9-3-4-20-23(32)6-5-19(24(20)26)17-12-28-30(2)13-17/h5-6,12-13,18,27,29H,3-4,7-11,14-15H2,1-2H3. The second-order valence-electron chi connectivity index (χ2n) is 9.28. The smallest absolute Gasteiger partial charge is 0.219 e. The van der Waals surface area contributed by atoms with Crippen LogP contribution in [0.25, 0.3) is 11.1 Å². The second kappa shape index (κ2) is 9.43. The maximum Gasteiger partial charge on any atom is 0.219 e. The van der Waals surface area contributed by atoms with E-state index in [-0.39, 0.29) is 11.9 Å². The summed E-state index contributed by atoms with van der Waals surface area (Å²) >= 11 is 6.91. The highest BCUT2D eigenvalue weighted by Gasteiger charge is 2.31. The van der Waals surface area contributed by atoms with Gasteiger partial charge in [-0.05, 0) is 30.9 Å². The normalized spacial score (nSPS) is 20.5. The highest BCUT2D eigenvalue weighted by atomic mass is 35.5. The molecular weight excluding hydrogens is 452 g/mol. The van der Waals surface area contributed by atoms with Gasteiger partial charge in [0.15, 0.2) is 0 Å². The number of amidine groups is 1. The zero-order chi connectivity index (χ0) is 23.8. The van der Waals surface area contributed by atoms with Crippen molar-refractivity contribution in [2.75, 3.05) is 37.7 Å². The average Bonchev–Trinajstić information content (AvgIpc) is 3.50. The van der Waals surface area contributed by atoms with Crippen LogP contribution in [0.5, 0.6) is 0 Å². The lowest BCUT2D eigenvalue weighted by molar-refractivity contribution is -0.128. The minimum absolute atomic E-state index is 0.0387. The molecule has 1 aromatic carbocycles. The molecule has 1 fully saturated rings. The molecule has 8 nitrogen and oxygen atoms in total. The first-order valence-electron chi connectivity index (χ1n) is 11.9. The van der Waals surface area contributed by atoms with E-state index in [1.165, 1.54) is 0 Å². The van der Waals surface area contributed by atoms with Crippen molar-refractivity contribution in [2.24, 2.45) is 7.05 Å². The summed E-state index contributed by atoms with van der Waals surface area (Å²) < 4.78 is 7.32. The van der Waals surface area contributed by atoms with Gasteiger partial charge in [-0.1, -0.05) is 17.7 Å². The number of amides is 1. The lowest BCUT2D eigenvalue weighted by atomic mass is 9.95. The fourth-order valence-corrected chi connectivity index (χ4v) is 5.48. The molecule has 9 heteroatoms. The number of fused-ring (bicyclic) bond motifs is 1. The van der Waals surface area contributed by atoms with Gasteiger partial charge in [-0.25, -0.2) is 0 Å². The zero-order valence-corrected chi connectivity index (χ0v) is 20.5. The van der Waals surface area contributed by atoms with E-state index in [1.54, 1.807) is 11.6 Å². The van der Waals surface area contributed by atoms with Gasteiger partial charge in [0.05, 0.1) is 30.4 Å². The Bertz CT molecular complexity index is 1150. The number of hydrogen-bond acceptors (Lipinski definition) is 5. The van der Waals surface area contributed by atoms with Gasteiger partial charge in [-0.2, -0.15) is 5.10 Å². The maximum atomic E-state index is 12.2. The van der Waals surface area contributed by atoms with Gasteiger partial charge in [0.25, 0.3) is 0 Å². The van der Waals surface area contributed by atoms with E-state index < -0.39 is 0 Å². The molecule has 1 saturated heterocycles. The van der Waals surface area contributed by atoms with Gasteiger partial charge >= 0.3 is 0 Å². The minimum atomic E-state index is 0.0387. The van der Waals surface area contributed by atoms with E-state index in [0.717, 1.165) is 77.5 Å². The number of aryl methyl sites for hydroxylation is 1. The number of carbonyl (C=O) groups excluding carboxylic acids is 1. The fraction of sp³-hybridized carbons (Fsp3) is 0.480. The Morgan fingerprint density at radius 2 is 2.15 bits per heavy atom. The number of carbonyl (C=O) groups is 1. The molecule has 2 N–H and O–H groups in total. The predicted molar refractivity (Wildman–Crippen MR) is 133 cm³/mol. The minimum Gasteiger partial charge on any atom is -0.383 e. The molecule has 1 unspecified atom stereocenters. The first kappa shape index (κ1) is 22.9. The predicted octanol–water partition coefficient (Wildman–Crippen LogP) is 3.36. The molecule has 5 rings (SSSR count). The molecule has 1 amide bonds. The van der Waals surface area contributed by atoms with E-state index in [1.807, 2.05) is 30.4 Å². The SMILES string of the molecule is CC(=O)N1CCC(NC2CCOC2)=C(C(=N)N2CCCc3c2ccc(-c2cnn(C)c2)c3Cl)C1. The first-order valence-corrected chi connectivity index (χ1v) is 12.3. The molecule has 4 heterocycles. The van der Waals surface area contributed by atoms with Crippen molar-refractivity contribution in [2.45, 2.75) is 38.6 Å². The second-order valence-corrected chi connectivity index (χ2v) is 9.66. The summed E-state index contributed by atoms with van der Waals surface area (Å²) in [6, 6.07) is 4.35. The Kier molecular flexibility index (Phi) is 6.36. The van der Waals surface area contributed by atoms with Crippen LogP contribution in [-0.2, 0) is 23.0 Å². The molecule has 1 atom stereocenters. The van der Waals surface area contributed by atoms with Crippen LogP contribution in [0.4, 0.5) is 5.69 Å². The van der Waals surface area contributed by atoms with Crippen molar-refractivity contribution in [1.82, 2.24) is 20.0 Å². The van der Waals surface area contributed by atoms with Crippen LogP contribution in [0, 0.1) is 5.41 Å². The van der Waals surface area contributed by atoms with Crippen LogP contribution in [0.2, 0.25) is 5.02 Å². The number of anilines is 1. The summed E-state index contributed by atoms with van der Waals surface area (Å²) in [7, 11) is 1.89. The molecule has 0 spiro atoms. The molecule has 34 heavy (non-hydrogen) atoms. The van der Waals surface area contributed by atoms with Crippen LogP contribution in [0.15, 0.2) is 35.8 Å². The summed E-state index contributed by atoms with van der Waals surface area (Å²) in [4.78, 5) is 16.0. The van der Waals surface area contributed by atoms with Gasteiger partial charge in [-0.3, -0.25) is 14.9 Å². The molecule has 180 valence electrons. The lowest BCUT2D eigenvalue weighted by Gasteiger charge is -2.37. The van der Waals surface area contributed by atoms with Gasteiger partial charge in [0.1, 0.15) is 5.84 Å². The average molecular weight is 483 g/mol. The first-order chi connectivity index (χ1) is 16.4. The highest BCUT2D eigenvalue weighted by molar-refractivity contribution is 6.34. The molecular formula is C25H31ClN6O2. The molecule has 0 bridgehead atoms. The highest BCUT2D eigenvalue weighted by Crippen LogP contribution is 2.40. The van der Waals surface area contributed by atoms with E-state index in [9.17, 15) is 10.2 Å². The lowest BCUT2D eigenvalue weighted by Crippen LogP contribution is -2.46. The summed E-state index contributed by atoms with van der Waals surface area (Å²) in [6.07, 6.45) is 7.24. The fourth-order valence-electron chi connectivity index (χ4n) is 5.12. The zero-order valence-electron chi connectivity index (χ0n) is 19.7. The Morgan fingerprint density at radius 3 is 2.85 bits per heavy atom. The maximum absolute atomic E-state index is 12.2. The van der Waals surface area contributed by atoms with Crippen molar-refractivity contribution < 1.29 is 9.53 Å². The molecule has 3 aliphatic rings. The van der Waals surface area contributed by atoms with E-state index >= 15 is 0 Å². The van der Waals surface area contributed by atoms with Gasteiger partial charge < -0.3 is 19.9 Å². The third-order valence-electron chi connectivity index (χ3n) is 6.99. The van der Waals surface area contributed by atoms with E-state index in [4.69, 9.17) is 16.3 Å². The number of halogens is 1. The Hall–Kier alpha value is -2.84. The van der Waals surface area contributed by atoms with Gasteiger partial charge in [0, 0.05) is 74.4 Å². The molecule has 0 radical (unpaired) electrons. The molecule has 0 saturated carbocycles. The largest absolute Gasteiger partial charge is 0.383 e. The van der Waals surface area contributed by atoms with Crippen LogP contribution >= 0.6 is 11.6 Å². The topological polar surface area (TPSA) is 86.5 Å². The van der Waals surface area contributed by atoms with Gasteiger partial charge in [0.2, 0.25) is 5.91 Å². The summed E-state index contributed by atoms with van der Waals surface area (Å²) in [5.74, 6) is 0.482. The number of rotatable bonds is 4. The third-order valence-corrected chi connectivity index (χ3v) is 7.42. The number of nitrogens with zero attached hydrogens (tertiary/aromatic N) is 4. The number of hydrogen-bond donors (Lipinski definition) is 2. The Balaban J connectivity index is 1.49. The molecule has 0 aliphatic carbocycles. The molecule has 2 aromatic rings. The monoisotopic (exact) mass is 482 g/mol. The third kappa shape index (κ3) is 4.32. The van der Waals surface area contributed by atoms with Crippen molar-refractivity contribution in [3.8, 4) is 11.1 Å². The summed E-state index contributed by atoms with van der Waals surface area (Å²) in [5, 5.41) is 17.9. The summed E-state index contributed by atoms with van der Waals surface area (Å²) in [5.41, 5.74) is 5.93. The number of benzene rings is 1. The van der Waals surface area contributed by atoms with Crippen LogP contribution in [-0.4, -0.2) is 65.3 Å². The summed E-state index contributed by atoms with van der Waals surface area (Å²) in [6.45, 7) is 4.89.